The summed E-state index contributed by atoms with van der Waals surface area (Å²) in [5.74, 6) is 0. The SMILES string of the molecule is c1ccc2c(c1)oc1ccc(-c3ccc(-c4c5ccccc5c(-c5ccc6c7ccccc7c7ccccc7c6c5)c5ccccc45)cc3)cc12. The Bertz CT molecular complexity index is 3090. The summed E-state index contributed by atoms with van der Waals surface area (Å²) in [5.41, 5.74) is 9.21. The number of hydrogen-bond donors (Lipinski definition) is 0. The van der Waals surface area contributed by atoms with E-state index in [4.69, 9.17) is 4.42 Å². The van der Waals surface area contributed by atoms with Crippen molar-refractivity contribution in [2.24, 2.45) is 0 Å². The van der Waals surface area contributed by atoms with Crippen molar-refractivity contribution >= 4 is 75.8 Å². The topological polar surface area (TPSA) is 13.1 Å². The monoisotopic (exact) mass is 646 g/mol. The van der Waals surface area contributed by atoms with E-state index in [1.807, 2.05) is 12.1 Å². The van der Waals surface area contributed by atoms with E-state index in [9.17, 15) is 0 Å². The predicted octanol–water partition coefficient (Wildman–Crippen LogP) is 14.4. The molecule has 1 heteroatoms. The van der Waals surface area contributed by atoms with Crippen LogP contribution < -0.4 is 0 Å². The molecule has 0 aliphatic rings. The maximum absolute atomic E-state index is 6.10. The van der Waals surface area contributed by atoms with Crippen molar-refractivity contribution in [1.29, 1.82) is 0 Å². The van der Waals surface area contributed by atoms with Gasteiger partial charge in [-0.05, 0) is 112 Å². The van der Waals surface area contributed by atoms with Gasteiger partial charge in [-0.15, -0.1) is 0 Å². The lowest BCUT2D eigenvalue weighted by atomic mass is 9.84. The van der Waals surface area contributed by atoms with Crippen LogP contribution in [0.5, 0.6) is 0 Å². The lowest BCUT2D eigenvalue weighted by molar-refractivity contribution is 0.669. The van der Waals surface area contributed by atoms with Crippen molar-refractivity contribution in [3.05, 3.63) is 182 Å². The molecule has 236 valence electrons. The first kappa shape index (κ1) is 28.2. The molecule has 0 amide bonds. The summed E-state index contributed by atoms with van der Waals surface area (Å²) in [6.45, 7) is 0. The van der Waals surface area contributed by atoms with Crippen molar-refractivity contribution in [3.63, 3.8) is 0 Å². The number of furan rings is 1. The van der Waals surface area contributed by atoms with E-state index in [-0.39, 0.29) is 0 Å². The number of rotatable bonds is 3. The Morgan fingerprint density at radius 3 is 1.18 bits per heavy atom. The Hall–Kier alpha value is -6.70. The van der Waals surface area contributed by atoms with Gasteiger partial charge in [0.2, 0.25) is 0 Å². The summed E-state index contributed by atoms with van der Waals surface area (Å²) in [6, 6.07) is 66.4. The molecule has 0 N–H and O–H groups in total. The van der Waals surface area contributed by atoms with Crippen LogP contribution in [0.2, 0.25) is 0 Å². The van der Waals surface area contributed by atoms with Gasteiger partial charge in [-0.2, -0.15) is 0 Å². The molecule has 1 nitrogen and oxygen atoms in total. The van der Waals surface area contributed by atoms with Crippen LogP contribution in [0.25, 0.3) is 109 Å². The quantitative estimate of drug-likeness (QED) is 0.138. The fraction of sp³-hybridized carbons (Fsp3) is 0. The minimum Gasteiger partial charge on any atom is -0.456 e. The first-order valence-electron chi connectivity index (χ1n) is 17.6. The lowest BCUT2D eigenvalue weighted by Gasteiger charge is -2.19. The fourth-order valence-electron chi connectivity index (χ4n) is 8.55. The lowest BCUT2D eigenvalue weighted by Crippen LogP contribution is -1.91. The van der Waals surface area contributed by atoms with Gasteiger partial charge in [-0.1, -0.05) is 158 Å². The van der Waals surface area contributed by atoms with Crippen LogP contribution in [-0.4, -0.2) is 0 Å². The molecule has 0 saturated heterocycles. The van der Waals surface area contributed by atoms with Crippen molar-refractivity contribution < 1.29 is 4.42 Å². The second-order valence-corrected chi connectivity index (χ2v) is 13.6. The van der Waals surface area contributed by atoms with Gasteiger partial charge in [-0.3, -0.25) is 0 Å². The normalized spacial score (nSPS) is 11.9. The van der Waals surface area contributed by atoms with Gasteiger partial charge in [0.15, 0.2) is 0 Å². The first-order valence-corrected chi connectivity index (χ1v) is 17.6. The summed E-state index contributed by atoms with van der Waals surface area (Å²) in [4.78, 5) is 0. The molecule has 0 aliphatic heterocycles. The Morgan fingerprint density at radius 1 is 0.216 bits per heavy atom. The third kappa shape index (κ3) is 4.22. The van der Waals surface area contributed by atoms with Crippen LogP contribution >= 0.6 is 0 Å². The van der Waals surface area contributed by atoms with Crippen molar-refractivity contribution in [1.82, 2.24) is 0 Å². The van der Waals surface area contributed by atoms with Gasteiger partial charge >= 0.3 is 0 Å². The van der Waals surface area contributed by atoms with Gasteiger partial charge in [0, 0.05) is 10.8 Å². The smallest absolute Gasteiger partial charge is 0.135 e. The average Bonchev–Trinajstić information content (AvgIpc) is 3.58. The van der Waals surface area contributed by atoms with Crippen molar-refractivity contribution in [2.75, 3.05) is 0 Å². The third-order valence-corrected chi connectivity index (χ3v) is 10.8. The third-order valence-electron chi connectivity index (χ3n) is 10.8. The van der Waals surface area contributed by atoms with Crippen LogP contribution in [0.3, 0.4) is 0 Å². The molecule has 0 unspecified atom stereocenters. The highest BCUT2D eigenvalue weighted by molar-refractivity contribution is 6.27. The Balaban J connectivity index is 1.11. The molecule has 0 fully saturated rings. The van der Waals surface area contributed by atoms with Crippen molar-refractivity contribution in [3.8, 4) is 33.4 Å². The Kier molecular flexibility index (Phi) is 6.02. The van der Waals surface area contributed by atoms with E-state index in [1.165, 1.54) is 87.2 Å². The van der Waals surface area contributed by atoms with Crippen molar-refractivity contribution in [2.45, 2.75) is 0 Å². The van der Waals surface area contributed by atoms with E-state index in [0.29, 0.717) is 0 Å². The molecule has 0 bridgehead atoms. The molecule has 1 aromatic heterocycles. The Labute approximate surface area is 294 Å². The van der Waals surface area contributed by atoms with Crippen LogP contribution in [0, 0.1) is 0 Å². The highest BCUT2D eigenvalue weighted by atomic mass is 16.3. The van der Waals surface area contributed by atoms with Gasteiger partial charge in [-0.25, -0.2) is 0 Å². The summed E-state index contributed by atoms with van der Waals surface area (Å²) in [5, 5.41) is 15.1. The molecule has 10 aromatic carbocycles. The minimum absolute atomic E-state index is 0.919. The zero-order valence-corrected chi connectivity index (χ0v) is 27.7. The molecular weight excluding hydrogens is 617 g/mol. The average molecular weight is 647 g/mol. The van der Waals surface area contributed by atoms with E-state index in [2.05, 4.69) is 170 Å². The second kappa shape index (κ2) is 10.9. The predicted molar refractivity (Wildman–Crippen MR) is 218 cm³/mol. The van der Waals surface area contributed by atoms with E-state index >= 15 is 0 Å². The summed E-state index contributed by atoms with van der Waals surface area (Å²) >= 11 is 0. The Morgan fingerprint density at radius 2 is 0.588 bits per heavy atom. The highest BCUT2D eigenvalue weighted by Crippen LogP contribution is 2.45. The zero-order valence-electron chi connectivity index (χ0n) is 27.7. The molecule has 51 heavy (non-hydrogen) atoms. The van der Waals surface area contributed by atoms with Gasteiger partial charge in [0.1, 0.15) is 11.2 Å². The molecule has 11 rings (SSSR count). The molecule has 0 atom stereocenters. The summed E-state index contributed by atoms with van der Waals surface area (Å²) < 4.78 is 6.10. The number of benzene rings is 10. The van der Waals surface area contributed by atoms with Gasteiger partial charge in [0.25, 0.3) is 0 Å². The first-order chi connectivity index (χ1) is 25.3. The number of para-hydroxylation sites is 1. The minimum atomic E-state index is 0.919. The van der Waals surface area contributed by atoms with E-state index in [1.54, 1.807) is 0 Å². The van der Waals surface area contributed by atoms with Gasteiger partial charge in [0.05, 0.1) is 0 Å². The maximum atomic E-state index is 6.10. The van der Waals surface area contributed by atoms with Gasteiger partial charge < -0.3 is 4.42 Å². The number of hydrogen-bond acceptors (Lipinski definition) is 1. The van der Waals surface area contributed by atoms with E-state index in [0.717, 1.165) is 21.9 Å². The molecular formula is C50H30O. The maximum Gasteiger partial charge on any atom is 0.135 e. The fourth-order valence-corrected chi connectivity index (χ4v) is 8.55. The van der Waals surface area contributed by atoms with Crippen LogP contribution in [0.4, 0.5) is 0 Å². The summed E-state index contributed by atoms with van der Waals surface area (Å²) in [6.07, 6.45) is 0. The second-order valence-electron chi connectivity index (χ2n) is 13.6. The molecule has 0 spiro atoms. The largest absolute Gasteiger partial charge is 0.456 e. The van der Waals surface area contributed by atoms with Crippen LogP contribution in [0.15, 0.2) is 186 Å². The summed E-state index contributed by atoms with van der Waals surface area (Å²) in [7, 11) is 0. The standard InChI is InChI=1S/C50H30O/c1-2-13-37-35(11-1)36-12-3-4-14-38(36)45-30-34(25-27-39(37)45)50-43-18-7-5-16-41(43)49(42-17-6-8-19-44(42)50)32-23-21-31(22-24-32)33-26-28-48-46(29-33)40-15-9-10-20-47(40)51-48/h1-30H. The van der Waals surface area contributed by atoms with Crippen LogP contribution in [0.1, 0.15) is 0 Å². The molecule has 0 radical (unpaired) electrons. The molecule has 11 aromatic rings. The van der Waals surface area contributed by atoms with E-state index < -0.39 is 0 Å². The molecule has 0 saturated carbocycles. The molecule has 1 heterocycles. The zero-order chi connectivity index (χ0) is 33.5. The number of fused-ring (bicyclic) bond motifs is 11. The highest BCUT2D eigenvalue weighted by Gasteiger charge is 2.18. The molecule has 0 aliphatic carbocycles. The van der Waals surface area contributed by atoms with Crippen LogP contribution in [-0.2, 0) is 0 Å².